The number of hydrogen-bond donors (Lipinski definition) is 1. The number of aromatic nitrogens is 2. The van der Waals surface area contributed by atoms with Crippen molar-refractivity contribution >= 4 is 15.8 Å². The number of carboxylic acid groups (broad SMARTS) is 1. The van der Waals surface area contributed by atoms with E-state index in [-0.39, 0.29) is 11.4 Å². The zero-order valence-electron chi connectivity index (χ0n) is 7.76. The van der Waals surface area contributed by atoms with Crippen LogP contribution in [0.3, 0.4) is 0 Å². The fourth-order valence-corrected chi connectivity index (χ4v) is 1.60. The first-order valence-electron chi connectivity index (χ1n) is 3.75. The van der Waals surface area contributed by atoms with Crippen molar-refractivity contribution in [2.45, 2.75) is 11.4 Å². The summed E-state index contributed by atoms with van der Waals surface area (Å²) in [6.07, 6.45) is 0.791. The molecule has 0 fully saturated rings. The van der Waals surface area contributed by atoms with Gasteiger partial charge in [-0.05, 0) is 6.07 Å². The summed E-state index contributed by atoms with van der Waals surface area (Å²) in [6.45, 7) is 0. The van der Waals surface area contributed by atoms with E-state index in [2.05, 4.69) is 5.10 Å². The Hall–Kier alpha value is -1.37. The summed E-state index contributed by atoms with van der Waals surface area (Å²) in [7, 11) is -1.86. The molecule has 1 aromatic heterocycles. The Balaban J connectivity index is 3.12. The van der Waals surface area contributed by atoms with Crippen molar-refractivity contribution in [2.24, 2.45) is 7.05 Å². The monoisotopic (exact) mass is 218 g/mol. The van der Waals surface area contributed by atoms with Crippen molar-refractivity contribution in [3.63, 3.8) is 0 Å². The lowest BCUT2D eigenvalue weighted by Crippen LogP contribution is -2.05. The molecule has 7 heteroatoms. The van der Waals surface area contributed by atoms with Gasteiger partial charge < -0.3 is 5.11 Å². The van der Waals surface area contributed by atoms with Gasteiger partial charge >= 0.3 is 5.97 Å². The van der Waals surface area contributed by atoms with Gasteiger partial charge in [-0.3, -0.25) is 9.48 Å². The zero-order valence-corrected chi connectivity index (χ0v) is 8.58. The van der Waals surface area contributed by atoms with E-state index in [1.54, 1.807) is 0 Å². The highest BCUT2D eigenvalue weighted by Gasteiger charge is 2.15. The van der Waals surface area contributed by atoms with Crippen LogP contribution < -0.4 is 0 Å². The van der Waals surface area contributed by atoms with E-state index in [0.29, 0.717) is 5.69 Å². The molecule has 78 valence electrons. The Kier molecular flexibility index (Phi) is 2.61. The molecule has 0 spiro atoms. The molecule has 14 heavy (non-hydrogen) atoms. The van der Waals surface area contributed by atoms with Gasteiger partial charge in [0, 0.05) is 13.3 Å². The summed E-state index contributed by atoms with van der Waals surface area (Å²) in [6, 6.07) is 1.27. The predicted octanol–water partition coefficient (Wildman–Crippen LogP) is -0.549. The van der Waals surface area contributed by atoms with Crippen molar-refractivity contribution in [2.75, 3.05) is 6.26 Å². The van der Waals surface area contributed by atoms with Crippen LogP contribution in [0, 0.1) is 0 Å². The summed E-state index contributed by atoms with van der Waals surface area (Å²) >= 11 is 0. The van der Waals surface area contributed by atoms with Crippen LogP contribution in [0.4, 0.5) is 0 Å². The molecule has 0 saturated heterocycles. The molecule has 1 aromatic rings. The van der Waals surface area contributed by atoms with E-state index in [1.807, 2.05) is 0 Å². The van der Waals surface area contributed by atoms with Gasteiger partial charge in [0.2, 0.25) is 0 Å². The first kappa shape index (κ1) is 10.7. The molecular weight excluding hydrogens is 208 g/mol. The van der Waals surface area contributed by atoms with Gasteiger partial charge in [0.25, 0.3) is 0 Å². The van der Waals surface area contributed by atoms with Gasteiger partial charge in [-0.2, -0.15) is 5.10 Å². The normalized spacial score (nSPS) is 11.6. The lowest BCUT2D eigenvalue weighted by Gasteiger charge is -1.94. The van der Waals surface area contributed by atoms with E-state index in [0.717, 1.165) is 6.26 Å². The summed E-state index contributed by atoms with van der Waals surface area (Å²) in [5.74, 6) is -1.02. The second-order valence-electron chi connectivity index (χ2n) is 2.94. The van der Waals surface area contributed by atoms with Crippen LogP contribution in [0.2, 0.25) is 0 Å². The van der Waals surface area contributed by atoms with Gasteiger partial charge in [-0.15, -0.1) is 0 Å². The molecule has 0 aromatic carbocycles. The zero-order chi connectivity index (χ0) is 10.9. The van der Waals surface area contributed by atoms with Gasteiger partial charge in [0.05, 0.1) is 12.1 Å². The van der Waals surface area contributed by atoms with Gasteiger partial charge in [-0.1, -0.05) is 0 Å². The van der Waals surface area contributed by atoms with Crippen LogP contribution >= 0.6 is 0 Å². The fourth-order valence-electron chi connectivity index (χ4n) is 0.978. The van der Waals surface area contributed by atoms with Crippen LogP contribution in [0.5, 0.6) is 0 Å². The van der Waals surface area contributed by atoms with E-state index >= 15 is 0 Å². The third-order valence-corrected chi connectivity index (χ3v) is 2.63. The first-order valence-corrected chi connectivity index (χ1v) is 5.64. The highest BCUT2D eigenvalue weighted by molar-refractivity contribution is 7.90. The SMILES string of the molecule is Cn1nc(S(C)(=O)=O)cc1CC(=O)O. The minimum Gasteiger partial charge on any atom is -0.481 e. The van der Waals surface area contributed by atoms with Crippen molar-refractivity contribution < 1.29 is 18.3 Å². The largest absolute Gasteiger partial charge is 0.481 e. The molecule has 1 N–H and O–H groups in total. The average Bonchev–Trinajstić information content (AvgIpc) is 2.30. The number of carbonyl (C=O) groups is 1. The lowest BCUT2D eigenvalue weighted by atomic mass is 10.3. The Bertz CT molecular complexity index is 460. The maximum Gasteiger partial charge on any atom is 0.309 e. The number of sulfone groups is 1. The smallest absolute Gasteiger partial charge is 0.309 e. The topological polar surface area (TPSA) is 89.3 Å². The molecule has 0 aliphatic rings. The molecule has 0 atom stereocenters. The Labute approximate surface area is 81.1 Å². The number of nitrogens with zero attached hydrogens (tertiary/aromatic N) is 2. The number of rotatable bonds is 3. The molecule has 1 rings (SSSR count). The van der Waals surface area contributed by atoms with Crippen LogP contribution in [0.1, 0.15) is 5.69 Å². The van der Waals surface area contributed by atoms with Crippen molar-refractivity contribution in [3.05, 3.63) is 11.8 Å². The number of aliphatic carboxylic acids is 1. The second kappa shape index (κ2) is 3.41. The predicted molar refractivity (Wildman–Crippen MR) is 47.7 cm³/mol. The summed E-state index contributed by atoms with van der Waals surface area (Å²) in [5.41, 5.74) is 0.359. The maximum atomic E-state index is 11.1. The van der Waals surface area contributed by atoms with Crippen molar-refractivity contribution in [1.82, 2.24) is 9.78 Å². The molecule has 0 bridgehead atoms. The van der Waals surface area contributed by atoms with Crippen LogP contribution in [-0.4, -0.2) is 35.5 Å². The first-order chi connectivity index (χ1) is 6.30. The van der Waals surface area contributed by atoms with Crippen molar-refractivity contribution in [1.29, 1.82) is 0 Å². The summed E-state index contributed by atoms with van der Waals surface area (Å²) < 4.78 is 23.4. The van der Waals surface area contributed by atoms with E-state index < -0.39 is 15.8 Å². The summed E-state index contributed by atoms with van der Waals surface area (Å²) in [5, 5.41) is 12.1. The number of carboxylic acids is 1. The minimum absolute atomic E-state index is 0.101. The molecule has 6 nitrogen and oxygen atoms in total. The van der Waals surface area contributed by atoms with Crippen molar-refractivity contribution in [3.8, 4) is 0 Å². The molecule has 0 unspecified atom stereocenters. The fraction of sp³-hybridized carbons (Fsp3) is 0.429. The third-order valence-electron chi connectivity index (χ3n) is 1.67. The van der Waals surface area contributed by atoms with E-state index in [4.69, 9.17) is 5.11 Å². The molecule has 1 heterocycles. The van der Waals surface area contributed by atoms with Crippen LogP contribution in [0.15, 0.2) is 11.1 Å². The van der Waals surface area contributed by atoms with Gasteiger partial charge in [0.15, 0.2) is 14.9 Å². The van der Waals surface area contributed by atoms with E-state index in [9.17, 15) is 13.2 Å². The molecule has 0 amide bonds. The molecule has 0 saturated carbocycles. The molecular formula is C7H10N2O4S. The maximum absolute atomic E-state index is 11.1. The lowest BCUT2D eigenvalue weighted by molar-refractivity contribution is -0.136. The number of aryl methyl sites for hydroxylation is 1. The second-order valence-corrected chi connectivity index (χ2v) is 4.90. The Morgan fingerprint density at radius 2 is 2.21 bits per heavy atom. The van der Waals surface area contributed by atoms with E-state index in [1.165, 1.54) is 17.8 Å². The standard InChI is InChI=1S/C7H10N2O4S/c1-9-5(4-7(10)11)3-6(8-9)14(2,12)13/h3H,4H2,1-2H3,(H,10,11). The molecule has 0 radical (unpaired) electrons. The Morgan fingerprint density at radius 1 is 1.64 bits per heavy atom. The third kappa shape index (κ3) is 2.32. The van der Waals surface area contributed by atoms with Crippen LogP contribution in [-0.2, 0) is 28.1 Å². The molecule has 0 aliphatic carbocycles. The Morgan fingerprint density at radius 3 is 2.57 bits per heavy atom. The van der Waals surface area contributed by atoms with Gasteiger partial charge in [0.1, 0.15) is 0 Å². The molecule has 0 aliphatic heterocycles. The minimum atomic E-state index is -3.37. The van der Waals surface area contributed by atoms with Crippen LogP contribution in [0.25, 0.3) is 0 Å². The quantitative estimate of drug-likeness (QED) is 0.735. The highest BCUT2D eigenvalue weighted by Crippen LogP contribution is 2.09. The summed E-state index contributed by atoms with van der Waals surface area (Å²) in [4.78, 5) is 10.4. The highest BCUT2D eigenvalue weighted by atomic mass is 32.2. The average molecular weight is 218 g/mol. The number of hydrogen-bond acceptors (Lipinski definition) is 4. The van der Waals surface area contributed by atoms with Gasteiger partial charge in [-0.25, -0.2) is 8.42 Å².